The molecule has 0 amide bonds. The van der Waals surface area contributed by atoms with Crippen LogP contribution in [0, 0.1) is 0 Å². The topological polar surface area (TPSA) is 3.24 Å². The summed E-state index contributed by atoms with van der Waals surface area (Å²) in [6.45, 7) is 4.63. The average Bonchev–Trinajstić information content (AvgIpc) is 2.47. The van der Waals surface area contributed by atoms with Gasteiger partial charge in [0.1, 0.15) is 0 Å². The lowest BCUT2D eigenvalue weighted by atomic mass is 10.0. The molecule has 0 saturated heterocycles. The largest absolute Gasteiger partial charge is 0.307 e. The Morgan fingerprint density at radius 3 is 1.23 bits per heavy atom. The summed E-state index contributed by atoms with van der Waals surface area (Å²) < 4.78 is 0. The summed E-state index contributed by atoms with van der Waals surface area (Å²) in [6, 6.07) is 0.752. The minimum Gasteiger partial charge on any atom is -0.307 e. The molecule has 22 heavy (non-hydrogen) atoms. The molecule has 0 radical (unpaired) electrons. The zero-order valence-corrected chi connectivity index (χ0v) is 17.8. The van der Waals surface area contributed by atoms with E-state index in [1.54, 1.807) is 0 Å². The van der Waals surface area contributed by atoms with Gasteiger partial charge in [0.15, 0.2) is 0 Å². The van der Waals surface area contributed by atoms with Gasteiger partial charge in [0.05, 0.1) is 0 Å². The molecule has 0 aliphatic carbocycles. The fourth-order valence-electron chi connectivity index (χ4n) is 2.89. The minimum absolute atomic E-state index is 0. The van der Waals surface area contributed by atoms with Crippen molar-refractivity contribution >= 4 is 17.0 Å². The molecule has 136 valence electrons. The Balaban J connectivity index is 0. The first-order chi connectivity index (χ1) is 10.2. The van der Waals surface area contributed by atoms with Crippen molar-refractivity contribution in [1.82, 2.24) is 4.90 Å². The van der Waals surface area contributed by atoms with Crippen LogP contribution in [0.15, 0.2) is 0 Å². The van der Waals surface area contributed by atoms with E-state index in [0.717, 1.165) is 6.04 Å². The van der Waals surface area contributed by atoms with Crippen LogP contribution in [0.1, 0.15) is 110 Å². The van der Waals surface area contributed by atoms with Crippen LogP contribution in [0.4, 0.5) is 0 Å². The number of hydrogen-bond acceptors (Lipinski definition) is 1. The Labute approximate surface area is 152 Å². The summed E-state index contributed by atoms with van der Waals surface area (Å²) in [5.41, 5.74) is 0. The fraction of sp³-hybridized carbons (Fsp3) is 1.00. The normalized spacial score (nSPS) is 12.4. The first-order valence-electron chi connectivity index (χ1n) is 9.85. The molecular weight excluding hydrogens is 334 g/mol. The molecule has 0 aromatic heterocycles. The van der Waals surface area contributed by atoms with Crippen molar-refractivity contribution in [2.24, 2.45) is 0 Å². The van der Waals surface area contributed by atoms with Gasteiger partial charge in [0.2, 0.25) is 0 Å². The van der Waals surface area contributed by atoms with E-state index in [1.807, 2.05) is 0 Å². The molecule has 0 bridgehead atoms. The van der Waals surface area contributed by atoms with E-state index < -0.39 is 0 Å². The van der Waals surface area contributed by atoms with Gasteiger partial charge in [0.25, 0.3) is 0 Å². The SMILES string of the molecule is Br.CCCCCCCCCCCCCCCCC(C)N(C)C. The molecule has 1 atom stereocenters. The number of rotatable bonds is 16. The van der Waals surface area contributed by atoms with Crippen molar-refractivity contribution in [2.75, 3.05) is 14.1 Å². The molecule has 0 N–H and O–H groups in total. The number of unbranched alkanes of at least 4 members (excludes halogenated alkanes) is 13. The van der Waals surface area contributed by atoms with Crippen molar-refractivity contribution < 1.29 is 0 Å². The third-order valence-corrected chi connectivity index (χ3v) is 4.86. The highest BCUT2D eigenvalue weighted by Crippen LogP contribution is 2.14. The lowest BCUT2D eigenvalue weighted by Crippen LogP contribution is -2.24. The van der Waals surface area contributed by atoms with Crippen LogP contribution in [-0.2, 0) is 0 Å². The zero-order valence-electron chi connectivity index (χ0n) is 16.0. The van der Waals surface area contributed by atoms with Crippen molar-refractivity contribution in [3.63, 3.8) is 0 Å². The van der Waals surface area contributed by atoms with Gasteiger partial charge in [0, 0.05) is 6.04 Å². The van der Waals surface area contributed by atoms with Crippen LogP contribution >= 0.6 is 17.0 Å². The highest BCUT2D eigenvalue weighted by molar-refractivity contribution is 8.93. The summed E-state index contributed by atoms with van der Waals surface area (Å²) >= 11 is 0. The Hall–Kier alpha value is 0.440. The fourth-order valence-corrected chi connectivity index (χ4v) is 2.89. The van der Waals surface area contributed by atoms with Gasteiger partial charge in [-0.15, -0.1) is 17.0 Å². The summed E-state index contributed by atoms with van der Waals surface area (Å²) in [6.07, 6.45) is 21.7. The summed E-state index contributed by atoms with van der Waals surface area (Å²) in [5.74, 6) is 0. The minimum atomic E-state index is 0. The second kappa shape index (κ2) is 19.5. The monoisotopic (exact) mass is 377 g/mol. The second-order valence-corrected chi connectivity index (χ2v) is 7.20. The molecule has 0 heterocycles. The summed E-state index contributed by atoms with van der Waals surface area (Å²) in [4.78, 5) is 2.34. The van der Waals surface area contributed by atoms with Crippen LogP contribution in [0.3, 0.4) is 0 Å². The van der Waals surface area contributed by atoms with E-state index in [9.17, 15) is 0 Å². The van der Waals surface area contributed by atoms with Crippen molar-refractivity contribution in [2.45, 2.75) is 116 Å². The molecular formula is C20H44BrN. The first-order valence-corrected chi connectivity index (χ1v) is 9.85. The van der Waals surface area contributed by atoms with Crippen LogP contribution in [0.2, 0.25) is 0 Å². The van der Waals surface area contributed by atoms with E-state index in [0.29, 0.717) is 0 Å². The molecule has 2 heteroatoms. The molecule has 0 rings (SSSR count). The van der Waals surface area contributed by atoms with E-state index in [-0.39, 0.29) is 17.0 Å². The lowest BCUT2D eigenvalue weighted by molar-refractivity contribution is 0.291. The Bertz CT molecular complexity index is 194. The number of halogens is 1. The van der Waals surface area contributed by atoms with Crippen molar-refractivity contribution in [1.29, 1.82) is 0 Å². The van der Waals surface area contributed by atoms with E-state index in [4.69, 9.17) is 0 Å². The molecule has 0 saturated carbocycles. The maximum atomic E-state index is 2.34. The molecule has 1 nitrogen and oxygen atoms in total. The molecule has 0 aliphatic heterocycles. The summed E-state index contributed by atoms with van der Waals surface area (Å²) in [5, 5.41) is 0. The Kier molecular flexibility index (Phi) is 21.9. The first kappa shape index (κ1) is 24.7. The molecule has 0 spiro atoms. The molecule has 0 fully saturated rings. The summed E-state index contributed by atoms with van der Waals surface area (Å²) in [7, 11) is 4.38. The lowest BCUT2D eigenvalue weighted by Gasteiger charge is -2.19. The standard InChI is InChI=1S/C20H43N.BrH/c1-5-6-7-8-9-10-11-12-13-14-15-16-17-18-19-20(2)21(3)4;/h20H,5-19H2,1-4H3;1H. The van der Waals surface area contributed by atoms with E-state index in [1.165, 1.54) is 96.3 Å². The smallest absolute Gasteiger partial charge is 0.00608 e. The number of hydrogen-bond donors (Lipinski definition) is 0. The maximum Gasteiger partial charge on any atom is 0.00608 e. The van der Waals surface area contributed by atoms with E-state index in [2.05, 4.69) is 32.8 Å². The molecule has 0 aliphatic rings. The predicted octanol–water partition coefficient (Wildman–Crippen LogP) is 7.39. The van der Waals surface area contributed by atoms with Crippen LogP contribution < -0.4 is 0 Å². The van der Waals surface area contributed by atoms with Crippen LogP contribution in [0.25, 0.3) is 0 Å². The average molecular weight is 378 g/mol. The second-order valence-electron chi connectivity index (χ2n) is 7.20. The molecule has 0 aromatic rings. The van der Waals surface area contributed by atoms with Gasteiger partial charge >= 0.3 is 0 Å². The van der Waals surface area contributed by atoms with E-state index >= 15 is 0 Å². The highest BCUT2D eigenvalue weighted by atomic mass is 79.9. The third-order valence-electron chi connectivity index (χ3n) is 4.86. The predicted molar refractivity (Wildman–Crippen MR) is 108 cm³/mol. The molecule has 1 unspecified atom stereocenters. The quantitative estimate of drug-likeness (QED) is 0.253. The van der Waals surface area contributed by atoms with Crippen LogP contribution in [-0.4, -0.2) is 25.0 Å². The maximum absolute atomic E-state index is 2.34. The van der Waals surface area contributed by atoms with Gasteiger partial charge in [-0.2, -0.15) is 0 Å². The van der Waals surface area contributed by atoms with Gasteiger partial charge in [-0.05, 0) is 27.4 Å². The number of nitrogens with zero attached hydrogens (tertiary/aromatic N) is 1. The third kappa shape index (κ3) is 18.5. The van der Waals surface area contributed by atoms with Gasteiger partial charge < -0.3 is 4.90 Å². The van der Waals surface area contributed by atoms with Crippen LogP contribution in [0.5, 0.6) is 0 Å². The van der Waals surface area contributed by atoms with Gasteiger partial charge in [-0.1, -0.05) is 96.8 Å². The Morgan fingerprint density at radius 2 is 0.909 bits per heavy atom. The van der Waals surface area contributed by atoms with Gasteiger partial charge in [-0.25, -0.2) is 0 Å². The Morgan fingerprint density at radius 1 is 0.591 bits per heavy atom. The van der Waals surface area contributed by atoms with Gasteiger partial charge in [-0.3, -0.25) is 0 Å². The zero-order chi connectivity index (χ0) is 15.8. The highest BCUT2D eigenvalue weighted by Gasteiger charge is 2.02. The van der Waals surface area contributed by atoms with Crippen molar-refractivity contribution in [3.05, 3.63) is 0 Å². The molecule has 0 aromatic carbocycles. The van der Waals surface area contributed by atoms with Crippen molar-refractivity contribution in [3.8, 4) is 0 Å².